The molecule has 3 nitrogen and oxygen atoms in total. The van der Waals surface area contributed by atoms with Crippen LogP contribution in [0, 0.1) is 6.92 Å². The highest BCUT2D eigenvalue weighted by atomic mass is 16.1. The minimum atomic E-state index is 0.00579. The monoisotopic (exact) mass is 200 g/mol. The summed E-state index contributed by atoms with van der Waals surface area (Å²) in [6.07, 6.45) is 3.58. The number of aryl methyl sites for hydroxylation is 1. The highest BCUT2D eigenvalue weighted by Gasteiger charge is 1.98. The molecule has 3 heteroatoms. The van der Waals surface area contributed by atoms with Crippen LogP contribution in [0.5, 0.6) is 0 Å². The molecule has 0 fully saturated rings. The molecule has 76 valence electrons. The van der Waals surface area contributed by atoms with Crippen molar-refractivity contribution in [1.29, 1.82) is 0 Å². The number of pyridine rings is 2. The van der Waals surface area contributed by atoms with Crippen molar-refractivity contribution in [2.75, 3.05) is 0 Å². The average Bonchev–Trinajstić information content (AvgIpc) is 2.25. The largest absolute Gasteiger partial charge is 0.309 e. The maximum Gasteiger partial charge on any atom is 0.250 e. The second-order valence-electron chi connectivity index (χ2n) is 3.49. The van der Waals surface area contributed by atoms with Crippen molar-refractivity contribution < 1.29 is 0 Å². The van der Waals surface area contributed by atoms with Crippen LogP contribution in [0.1, 0.15) is 11.3 Å². The van der Waals surface area contributed by atoms with Gasteiger partial charge in [0.05, 0.1) is 12.2 Å². The Hall–Kier alpha value is -1.90. The summed E-state index contributed by atoms with van der Waals surface area (Å²) in [5, 5.41) is 0. The SMILES string of the molecule is Cc1ccc(=O)n(Cc2ccccn2)c1. The summed E-state index contributed by atoms with van der Waals surface area (Å²) < 4.78 is 1.66. The van der Waals surface area contributed by atoms with Crippen molar-refractivity contribution in [2.45, 2.75) is 13.5 Å². The van der Waals surface area contributed by atoms with Crippen LogP contribution in [0.3, 0.4) is 0 Å². The van der Waals surface area contributed by atoms with E-state index < -0.39 is 0 Å². The second kappa shape index (κ2) is 4.09. The fourth-order valence-corrected chi connectivity index (χ4v) is 1.44. The van der Waals surface area contributed by atoms with Gasteiger partial charge >= 0.3 is 0 Å². The lowest BCUT2D eigenvalue weighted by molar-refractivity contribution is 0.735. The Bertz CT molecular complexity index is 503. The third kappa shape index (κ3) is 2.31. The quantitative estimate of drug-likeness (QED) is 0.738. The number of nitrogens with zero attached hydrogens (tertiary/aromatic N) is 2. The molecule has 0 spiro atoms. The van der Waals surface area contributed by atoms with E-state index in [2.05, 4.69) is 4.98 Å². The van der Waals surface area contributed by atoms with E-state index in [4.69, 9.17) is 0 Å². The zero-order valence-electron chi connectivity index (χ0n) is 8.55. The van der Waals surface area contributed by atoms with E-state index in [1.807, 2.05) is 37.4 Å². The first-order valence-corrected chi connectivity index (χ1v) is 4.83. The van der Waals surface area contributed by atoms with Crippen LogP contribution in [0.2, 0.25) is 0 Å². The molecule has 2 rings (SSSR count). The van der Waals surface area contributed by atoms with Crippen LogP contribution >= 0.6 is 0 Å². The summed E-state index contributed by atoms with van der Waals surface area (Å²) >= 11 is 0. The topological polar surface area (TPSA) is 34.9 Å². The average molecular weight is 200 g/mol. The smallest absolute Gasteiger partial charge is 0.250 e. The zero-order chi connectivity index (χ0) is 10.7. The van der Waals surface area contributed by atoms with E-state index in [1.165, 1.54) is 0 Å². The molecule has 2 aromatic heterocycles. The molecular formula is C12H12N2O. The molecule has 0 bridgehead atoms. The van der Waals surface area contributed by atoms with E-state index in [-0.39, 0.29) is 5.56 Å². The maximum absolute atomic E-state index is 11.5. The van der Waals surface area contributed by atoms with Gasteiger partial charge in [-0.2, -0.15) is 0 Å². The van der Waals surface area contributed by atoms with Gasteiger partial charge in [-0.25, -0.2) is 0 Å². The Morgan fingerprint density at radius 2 is 2.13 bits per heavy atom. The molecular weight excluding hydrogens is 188 g/mol. The van der Waals surface area contributed by atoms with Gasteiger partial charge in [-0.1, -0.05) is 12.1 Å². The Morgan fingerprint density at radius 3 is 2.87 bits per heavy atom. The first-order valence-electron chi connectivity index (χ1n) is 4.83. The normalized spacial score (nSPS) is 10.2. The van der Waals surface area contributed by atoms with Crippen molar-refractivity contribution in [1.82, 2.24) is 9.55 Å². The summed E-state index contributed by atoms with van der Waals surface area (Å²) in [5.74, 6) is 0. The Kier molecular flexibility index (Phi) is 2.63. The third-order valence-electron chi connectivity index (χ3n) is 2.19. The summed E-state index contributed by atoms with van der Waals surface area (Å²) in [6, 6.07) is 9.09. The van der Waals surface area contributed by atoms with Crippen molar-refractivity contribution in [3.05, 3.63) is 64.3 Å². The van der Waals surface area contributed by atoms with E-state index in [0.717, 1.165) is 11.3 Å². The van der Waals surface area contributed by atoms with Crippen LogP contribution < -0.4 is 5.56 Å². The first-order chi connectivity index (χ1) is 7.25. The van der Waals surface area contributed by atoms with Crippen LogP contribution in [-0.4, -0.2) is 9.55 Å². The maximum atomic E-state index is 11.5. The predicted molar refractivity (Wildman–Crippen MR) is 58.8 cm³/mol. The van der Waals surface area contributed by atoms with E-state index >= 15 is 0 Å². The molecule has 0 saturated carbocycles. The molecule has 0 saturated heterocycles. The minimum Gasteiger partial charge on any atom is -0.309 e. The van der Waals surface area contributed by atoms with Gasteiger partial charge in [-0.3, -0.25) is 9.78 Å². The van der Waals surface area contributed by atoms with Crippen LogP contribution in [-0.2, 0) is 6.54 Å². The molecule has 0 radical (unpaired) electrons. The van der Waals surface area contributed by atoms with E-state index in [0.29, 0.717) is 6.54 Å². The standard InChI is InChI=1S/C12H12N2O/c1-10-5-6-12(15)14(8-10)9-11-4-2-3-7-13-11/h2-8H,9H2,1H3. The summed E-state index contributed by atoms with van der Waals surface area (Å²) in [7, 11) is 0. The van der Waals surface area contributed by atoms with Crippen molar-refractivity contribution in [2.24, 2.45) is 0 Å². The minimum absolute atomic E-state index is 0.00579. The van der Waals surface area contributed by atoms with Gasteiger partial charge in [-0.05, 0) is 24.6 Å². The molecule has 2 aromatic rings. The van der Waals surface area contributed by atoms with E-state index in [1.54, 1.807) is 16.8 Å². The number of rotatable bonds is 2. The van der Waals surface area contributed by atoms with Crippen molar-refractivity contribution >= 4 is 0 Å². The van der Waals surface area contributed by atoms with Gasteiger partial charge < -0.3 is 4.57 Å². The second-order valence-corrected chi connectivity index (χ2v) is 3.49. The van der Waals surface area contributed by atoms with Crippen LogP contribution in [0.15, 0.2) is 47.5 Å². The third-order valence-corrected chi connectivity index (χ3v) is 2.19. The molecule has 0 amide bonds. The molecule has 15 heavy (non-hydrogen) atoms. The van der Waals surface area contributed by atoms with Gasteiger partial charge in [0.1, 0.15) is 0 Å². The van der Waals surface area contributed by atoms with Gasteiger partial charge in [-0.15, -0.1) is 0 Å². The molecule has 0 N–H and O–H groups in total. The molecule has 0 aliphatic heterocycles. The summed E-state index contributed by atoms with van der Waals surface area (Å²) in [5.41, 5.74) is 1.97. The Morgan fingerprint density at radius 1 is 1.27 bits per heavy atom. The molecule has 0 aliphatic carbocycles. The predicted octanol–water partition coefficient (Wildman–Crippen LogP) is 1.60. The van der Waals surface area contributed by atoms with Gasteiger partial charge in [0.25, 0.3) is 5.56 Å². The first kappa shape index (κ1) is 9.65. The number of aromatic nitrogens is 2. The highest BCUT2D eigenvalue weighted by molar-refractivity contribution is 5.10. The zero-order valence-corrected chi connectivity index (χ0v) is 8.55. The van der Waals surface area contributed by atoms with Crippen molar-refractivity contribution in [3.63, 3.8) is 0 Å². The Balaban J connectivity index is 2.32. The highest BCUT2D eigenvalue weighted by Crippen LogP contribution is 1.98. The van der Waals surface area contributed by atoms with Crippen LogP contribution in [0.4, 0.5) is 0 Å². The fourth-order valence-electron chi connectivity index (χ4n) is 1.44. The van der Waals surface area contributed by atoms with Gasteiger partial charge in [0.2, 0.25) is 0 Å². The molecule has 0 aliphatic rings. The Labute approximate surface area is 88.0 Å². The van der Waals surface area contributed by atoms with Gasteiger partial charge in [0, 0.05) is 18.5 Å². The fraction of sp³-hybridized carbons (Fsp3) is 0.167. The molecule has 0 unspecified atom stereocenters. The van der Waals surface area contributed by atoms with Crippen LogP contribution in [0.25, 0.3) is 0 Å². The lowest BCUT2D eigenvalue weighted by Crippen LogP contribution is -2.19. The molecule has 0 atom stereocenters. The lowest BCUT2D eigenvalue weighted by Gasteiger charge is -2.05. The summed E-state index contributed by atoms with van der Waals surface area (Å²) in [4.78, 5) is 15.7. The number of hydrogen-bond donors (Lipinski definition) is 0. The lowest BCUT2D eigenvalue weighted by atomic mass is 10.3. The molecule has 2 heterocycles. The van der Waals surface area contributed by atoms with E-state index in [9.17, 15) is 4.79 Å². The summed E-state index contributed by atoms with van der Waals surface area (Å²) in [6.45, 7) is 2.50. The number of hydrogen-bond acceptors (Lipinski definition) is 2. The molecule has 0 aromatic carbocycles. The van der Waals surface area contributed by atoms with Gasteiger partial charge in [0.15, 0.2) is 0 Å². The van der Waals surface area contributed by atoms with Crippen molar-refractivity contribution in [3.8, 4) is 0 Å².